The molecule has 4 heterocycles. The van der Waals surface area contributed by atoms with E-state index in [0.717, 1.165) is 66.8 Å². The molecule has 0 radical (unpaired) electrons. The highest BCUT2D eigenvalue weighted by Crippen LogP contribution is 2.34. The topological polar surface area (TPSA) is 82.3 Å². The number of aromatic nitrogens is 7. The fraction of sp³-hybridized carbons (Fsp3) is 0. The number of fused-ring (bicyclic) bond motifs is 3. The molecule has 10 aromatic rings. The van der Waals surface area contributed by atoms with Gasteiger partial charge in [0.05, 0.1) is 33.8 Å². The first-order valence-corrected chi connectivity index (χ1v) is 18.1. The molecule has 7 nitrogen and oxygen atoms in total. The van der Waals surface area contributed by atoms with Crippen LogP contribution < -0.4 is 0 Å². The van der Waals surface area contributed by atoms with Crippen molar-refractivity contribution < 1.29 is 0 Å². The third-order valence-corrected chi connectivity index (χ3v) is 9.68. The first kappa shape index (κ1) is 32.0. The molecule has 0 N–H and O–H groups in total. The van der Waals surface area contributed by atoms with E-state index in [1.54, 1.807) is 0 Å². The van der Waals surface area contributed by atoms with Crippen molar-refractivity contribution >= 4 is 21.8 Å². The van der Waals surface area contributed by atoms with Crippen molar-refractivity contribution in [3.05, 3.63) is 188 Å². The second-order valence-corrected chi connectivity index (χ2v) is 13.2. The van der Waals surface area contributed by atoms with Gasteiger partial charge in [-0.1, -0.05) is 158 Å². The molecule has 0 aliphatic heterocycles. The van der Waals surface area contributed by atoms with Gasteiger partial charge in [0, 0.05) is 33.0 Å². The number of para-hydroxylation sites is 2. The monoisotopic (exact) mass is 705 g/mol. The van der Waals surface area contributed by atoms with Crippen molar-refractivity contribution in [1.29, 1.82) is 0 Å². The van der Waals surface area contributed by atoms with E-state index in [4.69, 9.17) is 29.9 Å². The molecule has 0 spiro atoms. The third kappa shape index (κ3) is 6.09. The number of hydrogen-bond acceptors (Lipinski definition) is 6. The molecule has 0 fully saturated rings. The Hall–Kier alpha value is -7.64. The Balaban J connectivity index is 1.27. The van der Waals surface area contributed by atoms with Gasteiger partial charge in [-0.3, -0.25) is 4.57 Å². The van der Waals surface area contributed by atoms with Crippen molar-refractivity contribution in [3.8, 4) is 74.0 Å². The summed E-state index contributed by atoms with van der Waals surface area (Å²) in [6.07, 6.45) is 0. The summed E-state index contributed by atoms with van der Waals surface area (Å²) in [4.78, 5) is 31.2. The van der Waals surface area contributed by atoms with Crippen LogP contribution in [0, 0.1) is 0 Å². The quantitative estimate of drug-likeness (QED) is 0.164. The van der Waals surface area contributed by atoms with Crippen molar-refractivity contribution in [2.75, 3.05) is 0 Å². The number of hydrogen-bond donors (Lipinski definition) is 0. The van der Waals surface area contributed by atoms with Crippen LogP contribution in [0.4, 0.5) is 0 Å². The molecule has 0 amide bonds. The molecule has 258 valence electrons. The highest BCUT2D eigenvalue weighted by Gasteiger charge is 2.21. The lowest BCUT2D eigenvalue weighted by Gasteiger charge is -2.13. The molecule has 10 rings (SSSR count). The second-order valence-electron chi connectivity index (χ2n) is 13.2. The maximum atomic E-state index is 5.27. The summed E-state index contributed by atoms with van der Waals surface area (Å²) in [5.41, 5.74) is 10.1. The fourth-order valence-electron chi connectivity index (χ4n) is 7.05. The standard InChI is InChI=1S/C48H31N7/c1-5-17-32(18-6-1)38-29-39(33-19-7-2-8-20-33)50-46(49-38)42-31-43(54-48(53-42)55-44-27-15-13-25-36(44)37-26-14-16-28-45(37)55)47-51-40(34-21-9-3-10-22-34)30-41(52-47)35-23-11-4-12-24-35/h1-31H. The molecule has 7 heteroatoms. The van der Waals surface area contributed by atoms with Crippen LogP contribution in [0.2, 0.25) is 0 Å². The average Bonchev–Trinajstić information content (AvgIpc) is 3.61. The largest absolute Gasteiger partial charge is 0.278 e. The molecule has 0 aliphatic carbocycles. The Kier molecular flexibility index (Phi) is 8.00. The normalized spacial score (nSPS) is 11.3. The Morgan fingerprint density at radius 1 is 0.273 bits per heavy atom. The van der Waals surface area contributed by atoms with Crippen LogP contribution in [0.25, 0.3) is 95.8 Å². The van der Waals surface area contributed by atoms with E-state index in [2.05, 4.69) is 89.5 Å². The highest BCUT2D eigenvalue weighted by molar-refractivity contribution is 6.09. The van der Waals surface area contributed by atoms with Gasteiger partial charge >= 0.3 is 0 Å². The molecule has 0 atom stereocenters. The van der Waals surface area contributed by atoms with E-state index >= 15 is 0 Å². The van der Waals surface area contributed by atoms with Gasteiger partial charge in [0.2, 0.25) is 5.95 Å². The van der Waals surface area contributed by atoms with Gasteiger partial charge in [0.25, 0.3) is 0 Å². The van der Waals surface area contributed by atoms with Crippen molar-refractivity contribution in [2.24, 2.45) is 0 Å². The van der Waals surface area contributed by atoms with Crippen molar-refractivity contribution in [1.82, 2.24) is 34.5 Å². The molecular weight excluding hydrogens is 675 g/mol. The molecule has 4 aromatic heterocycles. The van der Waals surface area contributed by atoms with Crippen LogP contribution in [0.5, 0.6) is 0 Å². The minimum Gasteiger partial charge on any atom is -0.278 e. The molecule has 55 heavy (non-hydrogen) atoms. The zero-order valence-electron chi connectivity index (χ0n) is 29.5. The van der Waals surface area contributed by atoms with Crippen LogP contribution >= 0.6 is 0 Å². The van der Waals surface area contributed by atoms with Crippen LogP contribution in [0.1, 0.15) is 0 Å². The van der Waals surface area contributed by atoms with Crippen molar-refractivity contribution in [2.45, 2.75) is 0 Å². The van der Waals surface area contributed by atoms with E-state index < -0.39 is 0 Å². The molecule has 0 bridgehead atoms. The Bertz CT molecular complexity index is 2650. The molecule has 0 unspecified atom stereocenters. The molecule has 0 saturated heterocycles. The van der Waals surface area contributed by atoms with E-state index in [1.165, 1.54) is 0 Å². The summed E-state index contributed by atoms with van der Waals surface area (Å²) in [6.45, 7) is 0. The third-order valence-electron chi connectivity index (χ3n) is 9.68. The summed E-state index contributed by atoms with van der Waals surface area (Å²) < 4.78 is 2.11. The SMILES string of the molecule is c1ccc(-c2cc(-c3ccccc3)nc(-c3cc(-c4nc(-c5ccccc5)cc(-c5ccccc5)n4)nc(-n4c5ccccc5c5ccccc54)n3)n2)cc1. The van der Waals surface area contributed by atoms with E-state index in [0.29, 0.717) is 29.0 Å². The maximum absolute atomic E-state index is 5.27. The molecular formula is C48H31N7. The molecule has 0 aliphatic rings. The predicted octanol–water partition coefficient (Wildman–Crippen LogP) is 11.2. The van der Waals surface area contributed by atoms with E-state index in [1.807, 2.05) is 103 Å². The first-order chi connectivity index (χ1) is 27.2. The van der Waals surface area contributed by atoms with Crippen LogP contribution in [-0.4, -0.2) is 34.5 Å². The van der Waals surface area contributed by atoms with Gasteiger partial charge in [-0.05, 0) is 30.3 Å². The maximum Gasteiger partial charge on any atom is 0.236 e. The van der Waals surface area contributed by atoms with E-state index in [-0.39, 0.29) is 0 Å². The minimum absolute atomic E-state index is 0.466. The first-order valence-electron chi connectivity index (χ1n) is 18.1. The molecule has 0 saturated carbocycles. The zero-order chi connectivity index (χ0) is 36.6. The lowest BCUT2D eigenvalue weighted by molar-refractivity contribution is 0.976. The average molecular weight is 706 g/mol. The van der Waals surface area contributed by atoms with Gasteiger partial charge in [-0.15, -0.1) is 0 Å². The lowest BCUT2D eigenvalue weighted by atomic mass is 10.1. The number of rotatable bonds is 7. The number of benzene rings is 6. The lowest BCUT2D eigenvalue weighted by Crippen LogP contribution is -2.07. The minimum atomic E-state index is 0.466. The van der Waals surface area contributed by atoms with Crippen LogP contribution in [0.15, 0.2) is 188 Å². The summed E-state index contributed by atoms with van der Waals surface area (Å²) >= 11 is 0. The smallest absolute Gasteiger partial charge is 0.236 e. The Labute approximate surface area is 317 Å². The zero-order valence-corrected chi connectivity index (χ0v) is 29.5. The van der Waals surface area contributed by atoms with Gasteiger partial charge in [-0.2, -0.15) is 0 Å². The summed E-state index contributed by atoms with van der Waals surface area (Å²) in [7, 11) is 0. The van der Waals surface area contributed by atoms with Gasteiger partial charge in [0.1, 0.15) is 11.4 Å². The van der Waals surface area contributed by atoms with Gasteiger partial charge < -0.3 is 0 Å². The Morgan fingerprint density at radius 3 is 0.909 bits per heavy atom. The number of nitrogens with zero attached hydrogens (tertiary/aromatic N) is 7. The second kappa shape index (κ2) is 13.7. The van der Waals surface area contributed by atoms with Gasteiger partial charge in [0.15, 0.2) is 11.6 Å². The predicted molar refractivity (Wildman–Crippen MR) is 220 cm³/mol. The summed E-state index contributed by atoms with van der Waals surface area (Å²) in [5.74, 6) is 1.40. The van der Waals surface area contributed by atoms with Crippen LogP contribution in [0.3, 0.4) is 0 Å². The molecule has 6 aromatic carbocycles. The van der Waals surface area contributed by atoms with Crippen molar-refractivity contribution in [3.63, 3.8) is 0 Å². The summed E-state index contributed by atoms with van der Waals surface area (Å²) in [5, 5.41) is 2.21. The highest BCUT2D eigenvalue weighted by atomic mass is 15.2. The summed E-state index contributed by atoms with van der Waals surface area (Å²) in [6, 6.07) is 63.3. The van der Waals surface area contributed by atoms with Gasteiger partial charge in [-0.25, -0.2) is 29.9 Å². The van der Waals surface area contributed by atoms with Crippen LogP contribution in [-0.2, 0) is 0 Å². The Morgan fingerprint density at radius 2 is 0.564 bits per heavy atom. The fourth-order valence-corrected chi connectivity index (χ4v) is 7.05. The van der Waals surface area contributed by atoms with E-state index in [9.17, 15) is 0 Å².